The highest BCUT2D eigenvalue weighted by atomic mass is 16.5. The fourth-order valence-electron chi connectivity index (χ4n) is 0.912. The minimum absolute atomic E-state index is 0.424. The summed E-state index contributed by atoms with van der Waals surface area (Å²) in [4.78, 5) is 0. The van der Waals surface area contributed by atoms with E-state index in [1.54, 1.807) is 0 Å². The Labute approximate surface area is 72.2 Å². The zero-order valence-corrected chi connectivity index (χ0v) is 6.58. The van der Waals surface area contributed by atoms with Gasteiger partial charge in [-0.3, -0.25) is 0 Å². The predicted octanol–water partition coefficient (Wildman–Crippen LogP) is 2.26. The first-order valence-corrected chi connectivity index (χ1v) is 3.61. The van der Waals surface area contributed by atoms with Gasteiger partial charge in [0.15, 0.2) is 0 Å². The maximum Gasteiger partial charge on any atom is 0.0583 e. The topological polar surface area (TPSA) is 9.23 Å². The minimum atomic E-state index is -2.05. The third-order valence-electron chi connectivity index (χ3n) is 1.55. The Hall–Kier alpha value is -0.820. The fraction of sp³-hybridized carbons (Fsp3) is 0.400. The number of hydrogen-bond donors (Lipinski definition) is 0. The first kappa shape index (κ1) is 4.94. The van der Waals surface area contributed by atoms with Crippen molar-refractivity contribution in [3.63, 3.8) is 0 Å². The SMILES string of the molecule is [2H]C([2H])([2H])C(Cc1ccccc1)OC. The second-order valence-electron chi connectivity index (χ2n) is 2.41. The van der Waals surface area contributed by atoms with Crippen molar-refractivity contribution in [3.05, 3.63) is 35.9 Å². The first-order chi connectivity index (χ1) is 6.54. The van der Waals surface area contributed by atoms with Gasteiger partial charge in [0.2, 0.25) is 0 Å². The molecule has 1 aromatic rings. The van der Waals surface area contributed by atoms with Gasteiger partial charge in [-0.2, -0.15) is 0 Å². The normalized spacial score (nSPS) is 18.1. The molecule has 0 aliphatic carbocycles. The van der Waals surface area contributed by atoms with Crippen LogP contribution in [0, 0.1) is 0 Å². The van der Waals surface area contributed by atoms with Gasteiger partial charge in [-0.1, -0.05) is 30.3 Å². The molecule has 1 unspecified atom stereocenters. The maximum atomic E-state index is 7.25. The van der Waals surface area contributed by atoms with Gasteiger partial charge in [0, 0.05) is 11.2 Å². The molecule has 1 aromatic carbocycles. The highest BCUT2D eigenvalue weighted by molar-refractivity contribution is 5.15. The molecule has 1 nitrogen and oxygen atoms in total. The fourth-order valence-corrected chi connectivity index (χ4v) is 0.912. The van der Waals surface area contributed by atoms with E-state index in [9.17, 15) is 0 Å². The van der Waals surface area contributed by atoms with Crippen LogP contribution in [0.2, 0.25) is 0 Å². The van der Waals surface area contributed by atoms with Crippen LogP contribution in [0.25, 0.3) is 0 Å². The molecule has 0 bridgehead atoms. The lowest BCUT2D eigenvalue weighted by atomic mass is 10.1. The Morgan fingerprint density at radius 3 is 2.73 bits per heavy atom. The van der Waals surface area contributed by atoms with Crippen molar-refractivity contribution in [1.29, 1.82) is 0 Å². The zero-order valence-electron chi connectivity index (χ0n) is 9.58. The van der Waals surface area contributed by atoms with Gasteiger partial charge in [-0.15, -0.1) is 0 Å². The second kappa shape index (κ2) is 4.14. The summed E-state index contributed by atoms with van der Waals surface area (Å²) in [7, 11) is 1.43. The van der Waals surface area contributed by atoms with E-state index < -0.39 is 13.0 Å². The van der Waals surface area contributed by atoms with Gasteiger partial charge in [0.25, 0.3) is 0 Å². The van der Waals surface area contributed by atoms with Crippen molar-refractivity contribution in [2.75, 3.05) is 7.11 Å². The standard InChI is InChI=1S/C10H14O/c1-9(11-2)8-10-6-4-3-5-7-10/h3-7,9H,8H2,1-2H3/i1D3. The molecule has 0 aromatic heterocycles. The average molecular weight is 153 g/mol. The van der Waals surface area contributed by atoms with Crippen molar-refractivity contribution in [1.82, 2.24) is 0 Å². The predicted molar refractivity (Wildman–Crippen MR) is 46.6 cm³/mol. The number of hydrogen-bond acceptors (Lipinski definition) is 1. The summed E-state index contributed by atoms with van der Waals surface area (Å²) in [6.07, 6.45) is -0.293. The molecule has 0 radical (unpaired) electrons. The summed E-state index contributed by atoms with van der Waals surface area (Å²) in [5.41, 5.74) is 0.982. The molecule has 1 rings (SSSR count). The maximum absolute atomic E-state index is 7.25. The lowest BCUT2D eigenvalue weighted by molar-refractivity contribution is 0.119. The summed E-state index contributed by atoms with van der Waals surface area (Å²) in [6.45, 7) is -2.05. The molecule has 11 heavy (non-hydrogen) atoms. The van der Waals surface area contributed by atoms with E-state index in [-0.39, 0.29) is 0 Å². The van der Waals surface area contributed by atoms with Crippen LogP contribution in [-0.4, -0.2) is 13.2 Å². The van der Waals surface area contributed by atoms with E-state index in [1.807, 2.05) is 30.3 Å². The van der Waals surface area contributed by atoms with Gasteiger partial charge < -0.3 is 4.74 Å². The van der Waals surface area contributed by atoms with Gasteiger partial charge in [0.05, 0.1) is 6.10 Å². The molecule has 0 aliphatic heterocycles. The van der Waals surface area contributed by atoms with Crippen LogP contribution in [0.1, 0.15) is 16.5 Å². The van der Waals surface area contributed by atoms with E-state index in [4.69, 9.17) is 8.85 Å². The Morgan fingerprint density at radius 1 is 1.45 bits per heavy atom. The van der Waals surface area contributed by atoms with Gasteiger partial charge >= 0.3 is 0 Å². The molecular weight excluding hydrogens is 136 g/mol. The van der Waals surface area contributed by atoms with Crippen molar-refractivity contribution in [2.24, 2.45) is 0 Å². The largest absolute Gasteiger partial charge is 0.381 e. The van der Waals surface area contributed by atoms with E-state index in [1.165, 1.54) is 7.11 Å². The molecule has 0 aliphatic rings. The smallest absolute Gasteiger partial charge is 0.0583 e. The van der Waals surface area contributed by atoms with E-state index in [2.05, 4.69) is 0 Å². The molecule has 0 heterocycles. The molecule has 0 saturated heterocycles. The lowest BCUT2D eigenvalue weighted by Gasteiger charge is -2.08. The van der Waals surface area contributed by atoms with Crippen LogP contribution in [0.4, 0.5) is 0 Å². The van der Waals surface area contributed by atoms with Crippen LogP contribution in [0.3, 0.4) is 0 Å². The molecule has 1 atom stereocenters. The minimum Gasteiger partial charge on any atom is -0.381 e. The van der Waals surface area contributed by atoms with Gasteiger partial charge in [0.1, 0.15) is 0 Å². The molecule has 1 heteroatoms. The van der Waals surface area contributed by atoms with Crippen molar-refractivity contribution >= 4 is 0 Å². The molecule has 60 valence electrons. The van der Waals surface area contributed by atoms with Crippen LogP contribution < -0.4 is 0 Å². The molecule has 0 amide bonds. The zero-order chi connectivity index (χ0) is 10.6. The van der Waals surface area contributed by atoms with Crippen LogP contribution >= 0.6 is 0 Å². The highest BCUT2D eigenvalue weighted by Crippen LogP contribution is 2.03. The average Bonchev–Trinajstić information content (AvgIpc) is 2.14. The van der Waals surface area contributed by atoms with E-state index in [0.29, 0.717) is 6.42 Å². The van der Waals surface area contributed by atoms with E-state index >= 15 is 0 Å². The third kappa shape index (κ3) is 2.72. The summed E-state index contributed by atoms with van der Waals surface area (Å²) in [5, 5.41) is 0. The number of methoxy groups -OCH3 is 1. The second-order valence-corrected chi connectivity index (χ2v) is 2.41. The van der Waals surface area contributed by atoms with Crippen molar-refractivity contribution < 1.29 is 8.85 Å². The Kier molecular flexibility index (Phi) is 1.86. The number of ether oxygens (including phenoxy) is 1. The summed E-state index contributed by atoms with van der Waals surface area (Å²) in [5.74, 6) is 0. The van der Waals surface area contributed by atoms with Crippen molar-refractivity contribution in [2.45, 2.75) is 19.4 Å². The monoisotopic (exact) mass is 153 g/mol. The van der Waals surface area contributed by atoms with Crippen LogP contribution in [-0.2, 0) is 11.2 Å². The Bertz CT molecular complexity index is 268. The van der Waals surface area contributed by atoms with Crippen molar-refractivity contribution in [3.8, 4) is 0 Å². The van der Waals surface area contributed by atoms with Gasteiger partial charge in [-0.05, 0) is 18.8 Å². The molecule has 0 saturated carbocycles. The number of rotatable bonds is 3. The quantitative estimate of drug-likeness (QED) is 0.647. The summed E-state index contributed by atoms with van der Waals surface area (Å²) < 4.78 is 26.7. The molecular formula is C10H14O. The third-order valence-corrected chi connectivity index (χ3v) is 1.55. The van der Waals surface area contributed by atoms with Crippen LogP contribution in [0.5, 0.6) is 0 Å². The first-order valence-electron chi connectivity index (χ1n) is 5.11. The summed E-state index contributed by atoms with van der Waals surface area (Å²) in [6, 6.07) is 9.49. The Morgan fingerprint density at radius 2 is 2.18 bits per heavy atom. The summed E-state index contributed by atoms with van der Waals surface area (Å²) >= 11 is 0. The van der Waals surface area contributed by atoms with E-state index in [0.717, 1.165) is 5.56 Å². The van der Waals surface area contributed by atoms with Crippen LogP contribution in [0.15, 0.2) is 30.3 Å². The highest BCUT2D eigenvalue weighted by Gasteiger charge is 1.99. The lowest BCUT2D eigenvalue weighted by Crippen LogP contribution is -2.07. The molecule has 0 fully saturated rings. The van der Waals surface area contributed by atoms with Gasteiger partial charge in [-0.25, -0.2) is 0 Å². The number of benzene rings is 1. The Balaban J connectivity index is 2.67. The molecule has 0 N–H and O–H groups in total. The molecule has 0 spiro atoms.